The van der Waals surface area contributed by atoms with Crippen LogP contribution in [0, 0.1) is 6.92 Å². The Labute approximate surface area is 126 Å². The molecule has 19 heavy (non-hydrogen) atoms. The van der Waals surface area contributed by atoms with Crippen molar-refractivity contribution in [1.29, 1.82) is 0 Å². The molecule has 3 nitrogen and oxygen atoms in total. The standard InChI is InChI=1S/C14H14BrN3S/c1-10-5-7-12(8-6-10)16-14(19)18-17-13-4-2-3-11(15)9-13/h2-9,17H,1H3,(H2,16,18,19). The number of hydrogen-bond acceptors (Lipinski definition) is 2. The van der Waals surface area contributed by atoms with Crippen LogP contribution in [0.2, 0.25) is 0 Å². The van der Waals surface area contributed by atoms with Crippen molar-refractivity contribution in [2.24, 2.45) is 0 Å². The molecule has 0 amide bonds. The van der Waals surface area contributed by atoms with Crippen molar-refractivity contribution in [3.05, 3.63) is 58.6 Å². The molecule has 0 fully saturated rings. The van der Waals surface area contributed by atoms with E-state index in [0.717, 1.165) is 15.8 Å². The molecule has 0 saturated heterocycles. The van der Waals surface area contributed by atoms with E-state index in [-0.39, 0.29) is 0 Å². The van der Waals surface area contributed by atoms with Gasteiger partial charge in [0.2, 0.25) is 0 Å². The molecule has 0 radical (unpaired) electrons. The van der Waals surface area contributed by atoms with Crippen LogP contribution in [0.15, 0.2) is 53.0 Å². The highest BCUT2D eigenvalue weighted by atomic mass is 79.9. The number of rotatable bonds is 3. The maximum Gasteiger partial charge on any atom is 0.189 e. The second kappa shape index (κ2) is 6.54. The summed E-state index contributed by atoms with van der Waals surface area (Å²) in [4.78, 5) is 0. The Morgan fingerprint density at radius 3 is 2.47 bits per heavy atom. The number of nitrogens with one attached hydrogen (secondary N) is 3. The molecule has 0 aliphatic carbocycles. The average Bonchev–Trinajstić information content (AvgIpc) is 2.39. The molecule has 3 N–H and O–H groups in total. The summed E-state index contributed by atoms with van der Waals surface area (Å²) in [5.41, 5.74) is 9.08. The summed E-state index contributed by atoms with van der Waals surface area (Å²) in [7, 11) is 0. The fourth-order valence-electron chi connectivity index (χ4n) is 1.49. The zero-order valence-corrected chi connectivity index (χ0v) is 12.8. The topological polar surface area (TPSA) is 36.1 Å². The van der Waals surface area contributed by atoms with Gasteiger partial charge in [-0.05, 0) is 49.5 Å². The highest BCUT2D eigenvalue weighted by Crippen LogP contribution is 2.14. The van der Waals surface area contributed by atoms with Gasteiger partial charge in [0.25, 0.3) is 0 Å². The maximum atomic E-state index is 5.20. The summed E-state index contributed by atoms with van der Waals surface area (Å²) in [6.07, 6.45) is 0. The van der Waals surface area contributed by atoms with Crippen LogP contribution < -0.4 is 16.2 Å². The third kappa shape index (κ3) is 4.54. The van der Waals surface area contributed by atoms with Crippen molar-refractivity contribution in [3.63, 3.8) is 0 Å². The molecule has 5 heteroatoms. The number of aryl methyl sites for hydroxylation is 1. The van der Waals surface area contributed by atoms with Crippen LogP contribution in [0.1, 0.15) is 5.56 Å². The number of hydrogen-bond donors (Lipinski definition) is 3. The van der Waals surface area contributed by atoms with E-state index in [1.54, 1.807) is 0 Å². The SMILES string of the molecule is Cc1ccc(NC(=S)NNc2cccc(Br)c2)cc1. The smallest absolute Gasteiger partial charge is 0.189 e. The van der Waals surface area contributed by atoms with E-state index in [4.69, 9.17) is 12.2 Å². The third-order valence-corrected chi connectivity index (χ3v) is 3.15. The number of thiocarbonyl (C=S) groups is 1. The maximum absolute atomic E-state index is 5.20. The van der Waals surface area contributed by atoms with Gasteiger partial charge < -0.3 is 5.32 Å². The van der Waals surface area contributed by atoms with Crippen molar-refractivity contribution in [1.82, 2.24) is 5.43 Å². The molecular weight excluding hydrogens is 322 g/mol. The van der Waals surface area contributed by atoms with Crippen LogP contribution >= 0.6 is 28.1 Å². The summed E-state index contributed by atoms with van der Waals surface area (Å²) in [5.74, 6) is 0. The van der Waals surface area contributed by atoms with E-state index in [1.807, 2.05) is 48.5 Å². The van der Waals surface area contributed by atoms with Gasteiger partial charge in [-0.15, -0.1) is 0 Å². The predicted molar refractivity (Wildman–Crippen MR) is 88.3 cm³/mol. The minimum absolute atomic E-state index is 0.517. The molecule has 0 atom stereocenters. The van der Waals surface area contributed by atoms with E-state index < -0.39 is 0 Å². The van der Waals surface area contributed by atoms with E-state index in [9.17, 15) is 0 Å². The lowest BCUT2D eigenvalue weighted by Crippen LogP contribution is -2.33. The Kier molecular flexibility index (Phi) is 4.76. The van der Waals surface area contributed by atoms with Crippen LogP contribution in [-0.2, 0) is 0 Å². The lowest BCUT2D eigenvalue weighted by Gasteiger charge is -2.12. The predicted octanol–water partition coefficient (Wildman–Crippen LogP) is 4.07. The van der Waals surface area contributed by atoms with E-state index in [1.165, 1.54) is 5.56 Å². The average molecular weight is 336 g/mol. The summed E-state index contributed by atoms with van der Waals surface area (Å²) in [5, 5.41) is 3.62. The number of halogens is 1. The highest BCUT2D eigenvalue weighted by molar-refractivity contribution is 9.10. The first-order valence-electron chi connectivity index (χ1n) is 5.79. The summed E-state index contributed by atoms with van der Waals surface area (Å²) in [6.45, 7) is 2.05. The summed E-state index contributed by atoms with van der Waals surface area (Å²) < 4.78 is 1.01. The molecule has 2 aromatic rings. The molecule has 0 aliphatic heterocycles. The van der Waals surface area contributed by atoms with Gasteiger partial charge >= 0.3 is 0 Å². The molecule has 0 aliphatic rings. The molecule has 0 spiro atoms. The van der Waals surface area contributed by atoms with Crippen LogP contribution in [-0.4, -0.2) is 5.11 Å². The van der Waals surface area contributed by atoms with E-state index in [0.29, 0.717) is 5.11 Å². The fraction of sp³-hybridized carbons (Fsp3) is 0.0714. The summed E-state index contributed by atoms with van der Waals surface area (Å²) in [6, 6.07) is 15.9. The molecule has 0 aromatic heterocycles. The number of hydrazine groups is 1. The van der Waals surface area contributed by atoms with Crippen molar-refractivity contribution in [2.75, 3.05) is 10.7 Å². The van der Waals surface area contributed by atoms with Crippen molar-refractivity contribution in [2.45, 2.75) is 6.92 Å². The second-order valence-corrected chi connectivity index (χ2v) is 5.40. The summed E-state index contributed by atoms with van der Waals surface area (Å²) >= 11 is 8.62. The van der Waals surface area contributed by atoms with Gasteiger partial charge in [-0.2, -0.15) is 0 Å². The Balaban J connectivity index is 1.86. The van der Waals surface area contributed by atoms with Gasteiger partial charge in [-0.25, -0.2) is 0 Å². The second-order valence-electron chi connectivity index (χ2n) is 4.08. The number of benzene rings is 2. The minimum atomic E-state index is 0.517. The normalized spacial score (nSPS) is 9.79. The quantitative estimate of drug-likeness (QED) is 0.583. The van der Waals surface area contributed by atoms with E-state index >= 15 is 0 Å². The van der Waals surface area contributed by atoms with Gasteiger partial charge in [-0.3, -0.25) is 10.9 Å². The fourth-order valence-corrected chi connectivity index (χ4v) is 2.06. The molecule has 98 valence electrons. The first-order valence-corrected chi connectivity index (χ1v) is 6.99. The van der Waals surface area contributed by atoms with E-state index in [2.05, 4.69) is 39.0 Å². The molecule has 0 heterocycles. The lowest BCUT2D eigenvalue weighted by atomic mass is 10.2. The Morgan fingerprint density at radius 2 is 1.79 bits per heavy atom. The van der Waals surface area contributed by atoms with Crippen molar-refractivity contribution in [3.8, 4) is 0 Å². The van der Waals surface area contributed by atoms with Crippen LogP contribution in [0.4, 0.5) is 11.4 Å². The zero-order chi connectivity index (χ0) is 13.7. The number of anilines is 2. The van der Waals surface area contributed by atoms with Crippen LogP contribution in [0.3, 0.4) is 0 Å². The molecule has 2 aromatic carbocycles. The molecule has 0 saturated carbocycles. The Bertz CT molecular complexity index is 569. The zero-order valence-electron chi connectivity index (χ0n) is 10.4. The van der Waals surface area contributed by atoms with Gasteiger partial charge in [0.05, 0.1) is 5.69 Å². The molecular formula is C14H14BrN3S. The van der Waals surface area contributed by atoms with Crippen LogP contribution in [0.5, 0.6) is 0 Å². The Morgan fingerprint density at radius 1 is 1.05 bits per heavy atom. The lowest BCUT2D eigenvalue weighted by molar-refractivity contribution is 1.14. The monoisotopic (exact) mass is 335 g/mol. The van der Waals surface area contributed by atoms with Gasteiger partial charge in [0.15, 0.2) is 5.11 Å². The van der Waals surface area contributed by atoms with Crippen molar-refractivity contribution < 1.29 is 0 Å². The third-order valence-electron chi connectivity index (χ3n) is 2.45. The van der Waals surface area contributed by atoms with Gasteiger partial charge in [0.1, 0.15) is 0 Å². The molecule has 2 rings (SSSR count). The van der Waals surface area contributed by atoms with Crippen LogP contribution in [0.25, 0.3) is 0 Å². The van der Waals surface area contributed by atoms with Crippen molar-refractivity contribution >= 4 is 44.6 Å². The van der Waals surface area contributed by atoms with Gasteiger partial charge in [0, 0.05) is 10.2 Å². The largest absolute Gasteiger partial charge is 0.331 e. The highest BCUT2D eigenvalue weighted by Gasteiger charge is 1.97. The van der Waals surface area contributed by atoms with Gasteiger partial charge in [-0.1, -0.05) is 39.7 Å². The molecule has 0 bridgehead atoms. The minimum Gasteiger partial charge on any atom is -0.331 e. The molecule has 0 unspecified atom stereocenters. The first kappa shape index (κ1) is 13.8. The Hall–Kier alpha value is -1.59. The first-order chi connectivity index (χ1) is 9.13.